The second-order valence-electron chi connectivity index (χ2n) is 4.69. The summed E-state index contributed by atoms with van der Waals surface area (Å²) in [6.07, 6.45) is 0. The smallest absolute Gasteiger partial charge is 0.337 e. The lowest BCUT2D eigenvalue weighted by molar-refractivity contribution is -0.121. The fourth-order valence-electron chi connectivity index (χ4n) is 1.67. The monoisotopic (exact) mass is 378 g/mol. The third-order valence-electron chi connectivity index (χ3n) is 2.76. The zero-order valence-electron chi connectivity index (χ0n) is 12.9. The van der Waals surface area contributed by atoms with Crippen molar-refractivity contribution in [1.29, 1.82) is 0 Å². The van der Waals surface area contributed by atoms with Crippen LogP contribution in [0.4, 0.5) is 10.5 Å². The van der Waals surface area contributed by atoms with Crippen LogP contribution in [0, 0.1) is 0 Å². The predicted molar refractivity (Wildman–Crippen MR) is 99.4 cm³/mol. The number of anilines is 1. The average molecular weight is 379 g/mol. The van der Waals surface area contributed by atoms with Crippen LogP contribution in [0.3, 0.4) is 0 Å². The fourth-order valence-corrected chi connectivity index (χ4v) is 1.96. The maximum absolute atomic E-state index is 11.7. The number of carbonyl (C=O) groups is 2. The van der Waals surface area contributed by atoms with Crippen LogP contribution in [-0.2, 0) is 4.79 Å². The number of amides is 3. The van der Waals surface area contributed by atoms with Crippen LogP contribution in [0.15, 0.2) is 54.6 Å². The molecule has 0 fully saturated rings. The van der Waals surface area contributed by atoms with Crippen LogP contribution in [0.2, 0.25) is 5.02 Å². The zero-order chi connectivity index (χ0) is 18.1. The van der Waals surface area contributed by atoms with Crippen LogP contribution in [0.5, 0.6) is 5.75 Å². The first-order valence-corrected chi connectivity index (χ1v) is 7.92. The Morgan fingerprint density at radius 2 is 1.68 bits per heavy atom. The third kappa shape index (κ3) is 7.06. The number of thiocarbonyl (C=S) groups is 1. The highest BCUT2D eigenvalue weighted by Gasteiger charge is 2.07. The minimum Gasteiger partial charge on any atom is -0.484 e. The highest BCUT2D eigenvalue weighted by atomic mass is 35.5. The Morgan fingerprint density at radius 3 is 2.36 bits per heavy atom. The van der Waals surface area contributed by atoms with E-state index in [1.165, 1.54) is 0 Å². The molecule has 0 spiro atoms. The Bertz CT molecular complexity index is 741. The van der Waals surface area contributed by atoms with Gasteiger partial charge in [0.1, 0.15) is 5.75 Å². The lowest BCUT2D eigenvalue weighted by Gasteiger charge is -2.12. The van der Waals surface area contributed by atoms with Crippen molar-refractivity contribution in [3.8, 4) is 5.75 Å². The van der Waals surface area contributed by atoms with Gasteiger partial charge in [-0.2, -0.15) is 0 Å². The van der Waals surface area contributed by atoms with E-state index >= 15 is 0 Å². The standard InChI is InChI=1S/C16H15ClN4O3S/c17-11-6-8-13(9-7-11)24-10-14(22)19-16(25)21-20-15(23)18-12-4-2-1-3-5-12/h1-9H,10H2,(H2,18,20,23)(H2,19,21,22,25). The summed E-state index contributed by atoms with van der Waals surface area (Å²) in [4.78, 5) is 23.4. The first-order chi connectivity index (χ1) is 12.0. The molecule has 0 heterocycles. The van der Waals surface area contributed by atoms with Crippen molar-refractivity contribution >= 4 is 46.6 Å². The molecule has 0 unspecified atom stereocenters. The third-order valence-corrected chi connectivity index (χ3v) is 3.21. The van der Waals surface area contributed by atoms with Gasteiger partial charge < -0.3 is 10.1 Å². The normalized spacial score (nSPS) is 9.64. The van der Waals surface area contributed by atoms with E-state index < -0.39 is 11.9 Å². The maximum Gasteiger partial charge on any atom is 0.337 e. The first-order valence-electron chi connectivity index (χ1n) is 7.13. The molecular weight excluding hydrogens is 364 g/mol. The van der Waals surface area contributed by atoms with Crippen molar-refractivity contribution in [2.75, 3.05) is 11.9 Å². The Labute approximate surface area is 154 Å². The molecule has 0 aliphatic rings. The van der Waals surface area contributed by atoms with Gasteiger partial charge in [-0.15, -0.1) is 0 Å². The van der Waals surface area contributed by atoms with E-state index in [9.17, 15) is 9.59 Å². The topological polar surface area (TPSA) is 91.5 Å². The molecule has 0 radical (unpaired) electrons. The molecule has 0 saturated carbocycles. The maximum atomic E-state index is 11.7. The Hall–Kier alpha value is -2.84. The molecule has 0 bridgehead atoms. The van der Waals surface area contributed by atoms with Gasteiger partial charge in [0.05, 0.1) is 0 Å². The average Bonchev–Trinajstić information content (AvgIpc) is 2.60. The molecule has 3 amide bonds. The first kappa shape index (κ1) is 18.5. The summed E-state index contributed by atoms with van der Waals surface area (Å²) in [5, 5.41) is 5.46. The van der Waals surface area contributed by atoms with Crippen molar-refractivity contribution in [2.24, 2.45) is 0 Å². The number of carbonyl (C=O) groups excluding carboxylic acids is 2. The second-order valence-corrected chi connectivity index (χ2v) is 5.53. The molecule has 130 valence electrons. The fraction of sp³-hybridized carbons (Fsp3) is 0.0625. The van der Waals surface area contributed by atoms with Gasteiger partial charge in [-0.3, -0.25) is 15.5 Å². The number of urea groups is 1. The molecule has 25 heavy (non-hydrogen) atoms. The number of nitrogens with one attached hydrogen (secondary N) is 4. The molecule has 9 heteroatoms. The summed E-state index contributed by atoms with van der Waals surface area (Å²) in [5.41, 5.74) is 5.33. The van der Waals surface area contributed by atoms with E-state index in [0.717, 1.165) is 0 Å². The molecule has 0 aliphatic carbocycles. The van der Waals surface area contributed by atoms with Crippen molar-refractivity contribution in [1.82, 2.24) is 16.2 Å². The Morgan fingerprint density at radius 1 is 1.00 bits per heavy atom. The number of hydrazine groups is 1. The van der Waals surface area contributed by atoms with Gasteiger partial charge in [0.2, 0.25) is 0 Å². The summed E-state index contributed by atoms with van der Waals surface area (Å²) in [7, 11) is 0. The summed E-state index contributed by atoms with van der Waals surface area (Å²) >= 11 is 10.7. The molecule has 0 atom stereocenters. The molecule has 0 saturated heterocycles. The van der Waals surface area contributed by atoms with Gasteiger partial charge >= 0.3 is 6.03 Å². The highest BCUT2D eigenvalue weighted by Crippen LogP contribution is 2.15. The van der Waals surface area contributed by atoms with Gasteiger partial charge in [0.15, 0.2) is 11.7 Å². The zero-order valence-corrected chi connectivity index (χ0v) is 14.5. The quantitative estimate of drug-likeness (QED) is 0.484. The molecular formula is C16H15ClN4O3S. The van der Waals surface area contributed by atoms with E-state index in [1.54, 1.807) is 48.5 Å². The van der Waals surface area contributed by atoms with Crippen LogP contribution in [0.25, 0.3) is 0 Å². The number of rotatable bonds is 4. The van der Waals surface area contributed by atoms with E-state index in [0.29, 0.717) is 16.5 Å². The van der Waals surface area contributed by atoms with E-state index in [-0.39, 0.29) is 11.7 Å². The minimum absolute atomic E-state index is 0.0621. The van der Waals surface area contributed by atoms with Crippen molar-refractivity contribution in [3.63, 3.8) is 0 Å². The van der Waals surface area contributed by atoms with Gasteiger partial charge in [-0.1, -0.05) is 29.8 Å². The second kappa shape index (κ2) is 9.45. The number of halogens is 1. The van der Waals surface area contributed by atoms with Crippen LogP contribution in [0.1, 0.15) is 0 Å². The van der Waals surface area contributed by atoms with E-state index in [4.69, 9.17) is 28.6 Å². The molecule has 4 N–H and O–H groups in total. The Balaban J connectivity index is 1.66. The number of hydrogen-bond donors (Lipinski definition) is 4. The van der Waals surface area contributed by atoms with E-state index in [2.05, 4.69) is 21.5 Å². The summed E-state index contributed by atoms with van der Waals surface area (Å²) in [6.45, 7) is -0.236. The molecule has 2 rings (SSSR count). The SMILES string of the molecule is O=C(COc1ccc(Cl)cc1)NC(=S)NNC(=O)Nc1ccccc1. The predicted octanol–water partition coefficient (Wildman–Crippen LogP) is 2.45. The highest BCUT2D eigenvalue weighted by molar-refractivity contribution is 7.80. The molecule has 0 aromatic heterocycles. The lowest BCUT2D eigenvalue weighted by Crippen LogP contribution is -2.50. The van der Waals surface area contributed by atoms with Crippen molar-refractivity contribution < 1.29 is 14.3 Å². The van der Waals surface area contributed by atoms with Gasteiger partial charge in [-0.25, -0.2) is 10.2 Å². The summed E-state index contributed by atoms with van der Waals surface area (Å²) in [5.74, 6) is 0.0245. The summed E-state index contributed by atoms with van der Waals surface area (Å²) in [6, 6.07) is 14.9. The minimum atomic E-state index is -0.528. The van der Waals surface area contributed by atoms with Crippen LogP contribution >= 0.6 is 23.8 Å². The number of ether oxygens (including phenoxy) is 1. The molecule has 0 aliphatic heterocycles. The Kier molecular flexibility index (Phi) is 7.00. The molecule has 2 aromatic carbocycles. The van der Waals surface area contributed by atoms with Crippen molar-refractivity contribution in [3.05, 3.63) is 59.6 Å². The van der Waals surface area contributed by atoms with Crippen molar-refractivity contribution in [2.45, 2.75) is 0 Å². The van der Waals surface area contributed by atoms with Gasteiger partial charge in [0, 0.05) is 10.7 Å². The largest absolute Gasteiger partial charge is 0.484 e. The molecule has 7 nitrogen and oxygen atoms in total. The summed E-state index contributed by atoms with van der Waals surface area (Å²) < 4.78 is 5.27. The number of hydrogen-bond acceptors (Lipinski definition) is 4. The van der Waals surface area contributed by atoms with E-state index in [1.807, 2.05) is 6.07 Å². The van der Waals surface area contributed by atoms with Gasteiger partial charge in [-0.05, 0) is 48.6 Å². The lowest BCUT2D eigenvalue weighted by atomic mass is 10.3. The van der Waals surface area contributed by atoms with Crippen LogP contribution in [-0.4, -0.2) is 23.7 Å². The number of para-hydroxylation sites is 1. The number of benzene rings is 2. The molecule has 2 aromatic rings. The van der Waals surface area contributed by atoms with Gasteiger partial charge in [0.25, 0.3) is 5.91 Å². The van der Waals surface area contributed by atoms with Crippen LogP contribution < -0.4 is 26.2 Å².